The quantitative estimate of drug-likeness (QED) is 0.214. The van der Waals surface area contributed by atoms with Crippen LogP contribution in [0.4, 0.5) is 5.13 Å². The highest BCUT2D eigenvalue weighted by molar-refractivity contribution is 7.22. The topological polar surface area (TPSA) is 89.0 Å². The van der Waals surface area contributed by atoms with E-state index in [-0.39, 0.29) is 5.57 Å². The predicted octanol–water partition coefficient (Wildman–Crippen LogP) is 6.91. The number of aliphatic hydroxyl groups is 1. The second kappa shape index (κ2) is 11.8. The minimum Gasteiger partial charge on any atom is -0.503 e. The lowest BCUT2D eigenvalue weighted by Crippen LogP contribution is -2.30. The summed E-state index contributed by atoms with van der Waals surface area (Å²) >= 11 is 1.29. The number of nitrogens with zero attached hydrogens (tertiary/aromatic N) is 2. The van der Waals surface area contributed by atoms with E-state index in [2.05, 4.69) is 18.8 Å². The number of carbonyl (C=O) groups excluding carboxylic acids is 2. The Balaban J connectivity index is 1.56. The van der Waals surface area contributed by atoms with Gasteiger partial charge in [-0.25, -0.2) is 4.98 Å². The molecule has 4 aromatic rings. The number of hydrogen-bond acceptors (Lipinski definition) is 7. The van der Waals surface area contributed by atoms with E-state index in [1.54, 1.807) is 19.3 Å². The van der Waals surface area contributed by atoms with Gasteiger partial charge in [0.2, 0.25) is 0 Å². The lowest BCUT2D eigenvalue weighted by atomic mass is 9.95. The molecule has 0 saturated heterocycles. The first-order valence-corrected chi connectivity index (χ1v) is 13.9. The second-order valence-electron chi connectivity index (χ2n) is 9.88. The molecule has 40 heavy (non-hydrogen) atoms. The summed E-state index contributed by atoms with van der Waals surface area (Å²) in [6, 6.07) is 21.2. The molecule has 0 radical (unpaired) electrons. The Morgan fingerprint density at radius 2 is 1.88 bits per heavy atom. The van der Waals surface area contributed by atoms with Gasteiger partial charge in [-0.1, -0.05) is 73.7 Å². The third-order valence-corrected chi connectivity index (χ3v) is 7.65. The van der Waals surface area contributed by atoms with Crippen molar-refractivity contribution in [1.82, 2.24) is 4.98 Å². The van der Waals surface area contributed by atoms with Crippen LogP contribution in [0, 0.1) is 5.92 Å². The van der Waals surface area contributed by atoms with Crippen LogP contribution < -0.4 is 14.4 Å². The van der Waals surface area contributed by atoms with Crippen LogP contribution in [0.3, 0.4) is 0 Å². The van der Waals surface area contributed by atoms with Gasteiger partial charge in [0.1, 0.15) is 11.5 Å². The fourth-order valence-electron chi connectivity index (χ4n) is 4.51. The van der Waals surface area contributed by atoms with Crippen LogP contribution in [-0.2, 0) is 9.59 Å². The fourth-order valence-corrected chi connectivity index (χ4v) is 5.53. The van der Waals surface area contributed by atoms with Gasteiger partial charge in [-0.2, -0.15) is 0 Å². The van der Waals surface area contributed by atoms with Crippen molar-refractivity contribution in [2.75, 3.05) is 18.6 Å². The molecule has 7 nitrogen and oxygen atoms in total. The number of fused-ring (bicyclic) bond motifs is 1. The molecule has 1 unspecified atom stereocenters. The normalized spacial score (nSPS) is 15.6. The van der Waals surface area contributed by atoms with Crippen molar-refractivity contribution < 1.29 is 24.2 Å². The molecular weight excluding hydrogens is 524 g/mol. The summed E-state index contributed by atoms with van der Waals surface area (Å²) in [5.74, 6) is 0.0495. The molecule has 1 amide bonds. The van der Waals surface area contributed by atoms with Crippen LogP contribution >= 0.6 is 11.3 Å². The molecule has 8 heteroatoms. The van der Waals surface area contributed by atoms with E-state index in [1.165, 1.54) is 22.3 Å². The van der Waals surface area contributed by atoms with Crippen molar-refractivity contribution >= 4 is 44.5 Å². The summed E-state index contributed by atoms with van der Waals surface area (Å²) in [5, 5.41) is 11.4. The smallest absolute Gasteiger partial charge is 0.296 e. The number of benzene rings is 3. The first kappa shape index (κ1) is 27.1. The lowest BCUT2D eigenvalue weighted by molar-refractivity contribution is -0.117. The number of amides is 1. The summed E-state index contributed by atoms with van der Waals surface area (Å²) in [6.45, 7) is 4.80. The second-order valence-corrected chi connectivity index (χ2v) is 10.9. The average molecular weight is 555 g/mol. The van der Waals surface area contributed by atoms with Gasteiger partial charge in [0, 0.05) is 0 Å². The van der Waals surface area contributed by atoms with Crippen LogP contribution in [0.25, 0.3) is 16.3 Å². The number of ether oxygens (including phenoxy) is 2. The van der Waals surface area contributed by atoms with Crippen molar-refractivity contribution in [2.24, 2.45) is 5.92 Å². The largest absolute Gasteiger partial charge is 0.503 e. The number of carbonyl (C=O) groups is 2. The number of ketones is 1. The Labute approximate surface area is 237 Å². The predicted molar refractivity (Wildman–Crippen MR) is 158 cm³/mol. The maximum Gasteiger partial charge on any atom is 0.296 e. The van der Waals surface area contributed by atoms with E-state index in [0.717, 1.165) is 16.7 Å². The molecule has 2 heterocycles. The van der Waals surface area contributed by atoms with Crippen LogP contribution in [0.5, 0.6) is 11.5 Å². The van der Waals surface area contributed by atoms with Crippen molar-refractivity contribution in [2.45, 2.75) is 26.3 Å². The standard InChI is InChI=1S/C32H30N2O5S/c1-20(2)16-17-39-24-11-7-10-22(18-24)29-28(26(35)15-12-21-8-5-4-6-9-21)30(36)31(37)34(29)32-33-25-14-13-23(38-3)19-27(25)40-32/h4-15,18-20,29,36H,16-17H2,1-3H3/b15-12+. The highest BCUT2D eigenvalue weighted by Crippen LogP contribution is 2.44. The van der Waals surface area contributed by atoms with Crippen molar-refractivity contribution in [3.8, 4) is 11.5 Å². The SMILES string of the molecule is COc1ccc2nc(N3C(=O)C(O)=C(C(=O)/C=C/c4ccccc4)C3c3cccc(OCCC(C)C)c3)sc2c1. The van der Waals surface area contributed by atoms with Gasteiger partial charge in [0.05, 0.1) is 35.5 Å². The molecule has 1 N–H and O–H groups in total. The van der Waals surface area contributed by atoms with Crippen molar-refractivity contribution in [3.05, 3.63) is 101 Å². The summed E-state index contributed by atoms with van der Waals surface area (Å²) in [7, 11) is 1.59. The summed E-state index contributed by atoms with van der Waals surface area (Å²) < 4.78 is 12.1. The molecule has 204 valence electrons. The van der Waals surface area contributed by atoms with Gasteiger partial charge in [-0.05, 0) is 59.9 Å². The van der Waals surface area contributed by atoms with Gasteiger partial charge in [0.15, 0.2) is 16.7 Å². The van der Waals surface area contributed by atoms with Crippen LogP contribution in [0.1, 0.15) is 37.4 Å². The number of aromatic nitrogens is 1. The number of thiazole rings is 1. The molecule has 1 aliphatic heterocycles. The molecule has 1 aliphatic rings. The van der Waals surface area contributed by atoms with E-state index >= 15 is 0 Å². The molecule has 5 rings (SSSR count). The summed E-state index contributed by atoms with van der Waals surface area (Å²) in [4.78, 5) is 33.2. The molecule has 0 spiro atoms. The first-order chi connectivity index (χ1) is 19.4. The Morgan fingerprint density at radius 3 is 2.62 bits per heavy atom. The van der Waals surface area contributed by atoms with E-state index in [9.17, 15) is 14.7 Å². The van der Waals surface area contributed by atoms with Crippen LogP contribution in [0.15, 0.2) is 90.2 Å². The highest BCUT2D eigenvalue weighted by Gasteiger charge is 2.45. The highest BCUT2D eigenvalue weighted by atomic mass is 32.1. The van der Waals surface area contributed by atoms with E-state index in [1.807, 2.05) is 66.7 Å². The lowest BCUT2D eigenvalue weighted by Gasteiger charge is -2.24. The average Bonchev–Trinajstić information content (AvgIpc) is 3.49. The third kappa shape index (κ3) is 5.62. The number of methoxy groups -OCH3 is 1. The number of anilines is 1. The van der Waals surface area contributed by atoms with E-state index in [4.69, 9.17) is 9.47 Å². The zero-order chi connectivity index (χ0) is 28.2. The Kier molecular flexibility index (Phi) is 7.98. The number of allylic oxidation sites excluding steroid dienone is 1. The monoisotopic (exact) mass is 554 g/mol. The van der Waals surface area contributed by atoms with Gasteiger partial charge < -0.3 is 14.6 Å². The molecule has 0 fully saturated rings. The number of aliphatic hydroxyl groups excluding tert-OH is 1. The maximum atomic E-state index is 13.6. The molecule has 0 bridgehead atoms. The molecule has 1 aromatic heterocycles. The Hall–Kier alpha value is -4.43. The van der Waals surface area contributed by atoms with Gasteiger partial charge in [-0.3, -0.25) is 14.5 Å². The fraction of sp³-hybridized carbons (Fsp3) is 0.219. The van der Waals surface area contributed by atoms with E-state index < -0.39 is 23.5 Å². The summed E-state index contributed by atoms with van der Waals surface area (Å²) in [6.07, 6.45) is 3.95. The number of rotatable bonds is 10. The summed E-state index contributed by atoms with van der Waals surface area (Å²) in [5.41, 5.74) is 2.14. The minimum atomic E-state index is -0.892. The maximum absolute atomic E-state index is 13.6. The van der Waals surface area contributed by atoms with Crippen LogP contribution in [-0.4, -0.2) is 35.5 Å². The van der Waals surface area contributed by atoms with Crippen molar-refractivity contribution in [3.63, 3.8) is 0 Å². The van der Waals surface area contributed by atoms with Gasteiger partial charge in [-0.15, -0.1) is 0 Å². The zero-order valence-corrected chi connectivity index (χ0v) is 23.4. The first-order valence-electron chi connectivity index (χ1n) is 13.1. The minimum absolute atomic E-state index is 0.00616. The molecule has 0 saturated carbocycles. The van der Waals surface area contributed by atoms with Gasteiger partial charge in [0.25, 0.3) is 5.91 Å². The zero-order valence-electron chi connectivity index (χ0n) is 22.5. The van der Waals surface area contributed by atoms with Gasteiger partial charge >= 0.3 is 0 Å². The Morgan fingerprint density at radius 1 is 1.07 bits per heavy atom. The Bertz CT molecular complexity index is 1610. The van der Waals surface area contributed by atoms with Crippen LogP contribution in [0.2, 0.25) is 0 Å². The molecular formula is C32H30N2O5S. The number of hydrogen-bond donors (Lipinski definition) is 1. The molecule has 3 aromatic carbocycles. The van der Waals surface area contributed by atoms with Crippen molar-refractivity contribution in [1.29, 1.82) is 0 Å². The molecule has 0 aliphatic carbocycles. The third-order valence-electron chi connectivity index (χ3n) is 6.63. The molecule has 1 atom stereocenters. The van der Waals surface area contributed by atoms with E-state index in [0.29, 0.717) is 40.2 Å².